The average Bonchev–Trinajstić information content (AvgIpc) is 2.75. The maximum Gasteiger partial charge on any atom is 0.255 e. The van der Waals surface area contributed by atoms with Crippen molar-refractivity contribution in [2.24, 2.45) is 11.8 Å². The molecular formula is C24H36N4O2. The molecule has 1 aromatic heterocycles. The molecule has 4 atom stereocenters. The molecule has 3 saturated heterocycles. The summed E-state index contributed by atoms with van der Waals surface area (Å²) in [7, 11) is 0. The van der Waals surface area contributed by atoms with Crippen molar-refractivity contribution in [2.45, 2.75) is 76.9 Å². The Morgan fingerprint density at radius 1 is 1.23 bits per heavy atom. The third kappa shape index (κ3) is 4.53. The highest BCUT2D eigenvalue weighted by Crippen LogP contribution is 2.43. The second kappa shape index (κ2) is 9.46. The van der Waals surface area contributed by atoms with E-state index in [0.717, 1.165) is 19.4 Å². The summed E-state index contributed by atoms with van der Waals surface area (Å²) in [4.78, 5) is 34.7. The normalized spacial score (nSPS) is 28.8. The molecule has 0 radical (unpaired) electrons. The fourth-order valence-electron chi connectivity index (χ4n) is 6.12. The minimum Gasteiger partial charge on any atom is -0.354 e. The Labute approximate surface area is 180 Å². The van der Waals surface area contributed by atoms with E-state index in [0.29, 0.717) is 29.9 Å². The van der Waals surface area contributed by atoms with Crippen LogP contribution in [0.25, 0.3) is 0 Å². The van der Waals surface area contributed by atoms with Crippen LogP contribution in [0.3, 0.4) is 0 Å². The predicted octanol–water partition coefficient (Wildman–Crippen LogP) is 3.09. The topological polar surface area (TPSA) is 65.5 Å². The molecule has 30 heavy (non-hydrogen) atoms. The van der Waals surface area contributed by atoms with Gasteiger partial charge in [0.05, 0.1) is 5.56 Å². The van der Waals surface area contributed by atoms with E-state index in [1.54, 1.807) is 12.4 Å². The van der Waals surface area contributed by atoms with Gasteiger partial charge in [-0.2, -0.15) is 0 Å². The standard InChI is InChI=1S/C24H36N4O2/c1-17(2)26-22(29)11-3-10-21-20-9-6-14-27-13-5-8-19(23(20)27)16-28(21)24(30)18-7-4-12-25-15-18/h4,7,12,15,17,19-21,23H,3,5-6,8-11,13-14,16H2,1-2H3,(H,26,29)/t19-,20+,21+,23-/m0/s1. The SMILES string of the molecule is CC(C)NC(=O)CCC[C@@H]1[C@H]2CCCN3CCC[C@@H](CN1C(=O)c1cccnc1)[C@@H]23. The maximum absolute atomic E-state index is 13.5. The molecule has 3 fully saturated rings. The van der Waals surface area contributed by atoms with Crippen LogP contribution in [-0.4, -0.2) is 64.4 Å². The lowest BCUT2D eigenvalue weighted by Crippen LogP contribution is -2.65. The third-order valence-corrected chi connectivity index (χ3v) is 7.19. The molecule has 2 amide bonds. The number of hydrogen-bond donors (Lipinski definition) is 1. The molecular weight excluding hydrogens is 376 g/mol. The van der Waals surface area contributed by atoms with Gasteiger partial charge in [0.2, 0.25) is 5.91 Å². The molecule has 0 aliphatic carbocycles. The molecule has 1 aromatic rings. The fourth-order valence-corrected chi connectivity index (χ4v) is 6.12. The zero-order valence-corrected chi connectivity index (χ0v) is 18.4. The maximum atomic E-state index is 13.5. The molecule has 6 heteroatoms. The van der Waals surface area contributed by atoms with Crippen molar-refractivity contribution in [3.05, 3.63) is 30.1 Å². The van der Waals surface area contributed by atoms with Crippen LogP contribution >= 0.6 is 0 Å². The van der Waals surface area contributed by atoms with Crippen molar-refractivity contribution in [3.8, 4) is 0 Å². The molecule has 0 spiro atoms. The number of nitrogens with one attached hydrogen (secondary N) is 1. The first kappa shape index (κ1) is 21.3. The van der Waals surface area contributed by atoms with Gasteiger partial charge in [-0.1, -0.05) is 0 Å². The summed E-state index contributed by atoms with van der Waals surface area (Å²) in [6.45, 7) is 7.24. The second-order valence-electron chi connectivity index (χ2n) is 9.62. The number of pyridine rings is 1. The fraction of sp³-hybridized carbons (Fsp3) is 0.708. The van der Waals surface area contributed by atoms with Crippen molar-refractivity contribution in [1.82, 2.24) is 20.1 Å². The number of rotatable bonds is 6. The molecule has 4 heterocycles. The molecule has 0 unspecified atom stereocenters. The highest BCUT2D eigenvalue weighted by atomic mass is 16.2. The number of likely N-dealkylation sites (tertiary alicyclic amines) is 1. The lowest BCUT2D eigenvalue weighted by atomic mass is 9.69. The van der Waals surface area contributed by atoms with Gasteiger partial charge in [0.15, 0.2) is 0 Å². The highest BCUT2D eigenvalue weighted by molar-refractivity contribution is 5.94. The van der Waals surface area contributed by atoms with Crippen molar-refractivity contribution >= 4 is 11.8 Å². The molecule has 0 saturated carbocycles. The van der Waals surface area contributed by atoms with Gasteiger partial charge in [0.25, 0.3) is 5.91 Å². The van der Waals surface area contributed by atoms with Crippen molar-refractivity contribution in [2.75, 3.05) is 19.6 Å². The summed E-state index contributed by atoms with van der Waals surface area (Å²) in [5, 5.41) is 2.99. The first-order chi connectivity index (χ1) is 14.5. The van der Waals surface area contributed by atoms with Crippen molar-refractivity contribution in [1.29, 1.82) is 0 Å². The number of aromatic nitrogens is 1. The van der Waals surface area contributed by atoms with Gasteiger partial charge in [-0.15, -0.1) is 0 Å². The van der Waals surface area contributed by atoms with Crippen LogP contribution in [-0.2, 0) is 4.79 Å². The number of carbonyl (C=O) groups is 2. The monoisotopic (exact) mass is 412 g/mol. The molecule has 3 aliphatic rings. The molecule has 3 aliphatic heterocycles. The van der Waals surface area contributed by atoms with Crippen LogP contribution < -0.4 is 5.32 Å². The summed E-state index contributed by atoms with van der Waals surface area (Å²) in [6.07, 6.45) is 10.5. The Morgan fingerprint density at radius 2 is 2.03 bits per heavy atom. The Morgan fingerprint density at radius 3 is 2.77 bits per heavy atom. The zero-order valence-electron chi connectivity index (χ0n) is 18.4. The van der Waals surface area contributed by atoms with Gasteiger partial charge in [0.1, 0.15) is 0 Å². The van der Waals surface area contributed by atoms with E-state index in [1.807, 2.05) is 26.0 Å². The molecule has 164 valence electrons. The van der Waals surface area contributed by atoms with Gasteiger partial charge in [-0.3, -0.25) is 19.5 Å². The van der Waals surface area contributed by atoms with Crippen molar-refractivity contribution in [3.63, 3.8) is 0 Å². The molecule has 0 bridgehead atoms. The Bertz CT molecular complexity index is 736. The van der Waals surface area contributed by atoms with E-state index in [-0.39, 0.29) is 23.9 Å². The second-order valence-corrected chi connectivity index (χ2v) is 9.62. The minimum absolute atomic E-state index is 0.112. The third-order valence-electron chi connectivity index (χ3n) is 7.19. The van der Waals surface area contributed by atoms with Crippen LogP contribution in [0.5, 0.6) is 0 Å². The van der Waals surface area contributed by atoms with Gasteiger partial charge in [0, 0.05) is 43.5 Å². The average molecular weight is 413 g/mol. The highest BCUT2D eigenvalue weighted by Gasteiger charge is 2.49. The summed E-state index contributed by atoms with van der Waals surface area (Å²) in [6, 6.07) is 4.72. The lowest BCUT2D eigenvalue weighted by Gasteiger charge is -2.57. The van der Waals surface area contributed by atoms with Crippen LogP contribution in [0.4, 0.5) is 0 Å². The van der Waals surface area contributed by atoms with Gasteiger partial charge >= 0.3 is 0 Å². The first-order valence-corrected chi connectivity index (χ1v) is 11.8. The lowest BCUT2D eigenvalue weighted by molar-refractivity contribution is -0.121. The molecule has 4 rings (SSSR count). The van der Waals surface area contributed by atoms with Gasteiger partial charge < -0.3 is 10.2 Å². The molecule has 1 N–H and O–H groups in total. The van der Waals surface area contributed by atoms with E-state index >= 15 is 0 Å². The van der Waals surface area contributed by atoms with E-state index in [1.165, 1.54) is 38.8 Å². The summed E-state index contributed by atoms with van der Waals surface area (Å²) >= 11 is 0. The number of piperidine rings is 3. The van der Waals surface area contributed by atoms with E-state index in [2.05, 4.69) is 20.1 Å². The summed E-state index contributed by atoms with van der Waals surface area (Å²) in [5.74, 6) is 1.32. The largest absolute Gasteiger partial charge is 0.354 e. The smallest absolute Gasteiger partial charge is 0.255 e. The van der Waals surface area contributed by atoms with Crippen LogP contribution in [0.15, 0.2) is 24.5 Å². The van der Waals surface area contributed by atoms with Crippen LogP contribution in [0.1, 0.15) is 69.2 Å². The summed E-state index contributed by atoms with van der Waals surface area (Å²) < 4.78 is 0. The minimum atomic E-state index is 0.112. The Balaban J connectivity index is 1.53. The zero-order chi connectivity index (χ0) is 21.1. The van der Waals surface area contributed by atoms with Crippen LogP contribution in [0, 0.1) is 11.8 Å². The number of amides is 2. The number of carbonyl (C=O) groups excluding carboxylic acids is 2. The van der Waals surface area contributed by atoms with E-state index in [4.69, 9.17) is 0 Å². The Hall–Kier alpha value is -1.95. The van der Waals surface area contributed by atoms with E-state index < -0.39 is 0 Å². The molecule has 0 aromatic carbocycles. The van der Waals surface area contributed by atoms with Gasteiger partial charge in [-0.05, 0) is 89.4 Å². The number of hydrogen-bond acceptors (Lipinski definition) is 4. The number of nitrogens with zero attached hydrogens (tertiary/aromatic N) is 3. The quantitative estimate of drug-likeness (QED) is 0.780. The van der Waals surface area contributed by atoms with Crippen molar-refractivity contribution < 1.29 is 9.59 Å². The summed E-state index contributed by atoms with van der Waals surface area (Å²) in [5.41, 5.74) is 0.682. The predicted molar refractivity (Wildman–Crippen MR) is 117 cm³/mol. The van der Waals surface area contributed by atoms with E-state index in [9.17, 15) is 9.59 Å². The van der Waals surface area contributed by atoms with Crippen LogP contribution in [0.2, 0.25) is 0 Å². The van der Waals surface area contributed by atoms with Gasteiger partial charge in [-0.25, -0.2) is 0 Å². The Kier molecular flexibility index (Phi) is 6.71. The molecule has 6 nitrogen and oxygen atoms in total. The first-order valence-electron chi connectivity index (χ1n) is 11.8.